The third kappa shape index (κ3) is 2.45. The van der Waals surface area contributed by atoms with Gasteiger partial charge in [-0.15, -0.1) is 0 Å². The van der Waals surface area contributed by atoms with E-state index >= 15 is 0 Å². The molecule has 1 rings (SSSR count). The van der Waals surface area contributed by atoms with Gasteiger partial charge in [-0.2, -0.15) is 5.26 Å². The molecule has 0 radical (unpaired) electrons. The third-order valence-corrected chi connectivity index (χ3v) is 2.31. The lowest BCUT2D eigenvalue weighted by Crippen LogP contribution is -2.12. The quantitative estimate of drug-likeness (QED) is 0.803. The van der Waals surface area contributed by atoms with Crippen LogP contribution in [0.5, 0.6) is 0 Å². The molecule has 0 saturated heterocycles. The zero-order valence-electron chi connectivity index (χ0n) is 7.20. The molecule has 0 spiro atoms. The van der Waals surface area contributed by atoms with Crippen molar-refractivity contribution in [3.05, 3.63) is 34.9 Å². The number of benzene rings is 1. The van der Waals surface area contributed by atoms with E-state index in [1.54, 1.807) is 0 Å². The normalized spacial score (nSPS) is 12.1. The number of nitrogens with zero attached hydrogens (tertiary/aromatic N) is 1. The fourth-order valence-corrected chi connectivity index (χ4v) is 1.53. The molecule has 0 aromatic heterocycles. The predicted molar refractivity (Wildman–Crippen MR) is 53.5 cm³/mol. The molecule has 1 atom stereocenters. The Hall–Kier alpha value is -1.04. The maximum Gasteiger partial charge on any atom is 0.0628 e. The zero-order valence-corrected chi connectivity index (χ0v) is 7.96. The molecule has 0 aliphatic carbocycles. The van der Waals surface area contributed by atoms with Crippen molar-refractivity contribution in [1.29, 1.82) is 5.26 Å². The average molecular weight is 195 g/mol. The van der Waals surface area contributed by atoms with Gasteiger partial charge < -0.3 is 5.73 Å². The van der Waals surface area contributed by atoms with Gasteiger partial charge in [0.15, 0.2) is 0 Å². The van der Waals surface area contributed by atoms with Crippen molar-refractivity contribution in [2.75, 3.05) is 6.54 Å². The molecule has 0 fully saturated rings. The van der Waals surface area contributed by atoms with Gasteiger partial charge in [-0.3, -0.25) is 0 Å². The van der Waals surface area contributed by atoms with Crippen molar-refractivity contribution in [2.24, 2.45) is 5.73 Å². The maximum atomic E-state index is 8.57. The lowest BCUT2D eigenvalue weighted by Gasteiger charge is -2.12. The Bertz CT molecular complexity index is 317. The van der Waals surface area contributed by atoms with Gasteiger partial charge in [-0.25, -0.2) is 0 Å². The summed E-state index contributed by atoms with van der Waals surface area (Å²) in [5.74, 6) is 0.0544. The highest BCUT2D eigenvalue weighted by Gasteiger charge is 2.11. The van der Waals surface area contributed by atoms with E-state index in [0.29, 0.717) is 18.0 Å². The number of halogens is 1. The van der Waals surface area contributed by atoms with Gasteiger partial charge in [0.05, 0.1) is 6.07 Å². The largest absolute Gasteiger partial charge is 0.330 e. The molecule has 0 amide bonds. The van der Waals surface area contributed by atoms with Crippen molar-refractivity contribution < 1.29 is 0 Å². The van der Waals surface area contributed by atoms with E-state index in [9.17, 15) is 0 Å². The highest BCUT2D eigenvalue weighted by Crippen LogP contribution is 2.25. The first-order valence-corrected chi connectivity index (χ1v) is 4.48. The molecule has 0 saturated carbocycles. The summed E-state index contributed by atoms with van der Waals surface area (Å²) in [4.78, 5) is 0. The van der Waals surface area contributed by atoms with Crippen molar-refractivity contribution in [1.82, 2.24) is 0 Å². The first kappa shape index (κ1) is 10.0. The van der Waals surface area contributed by atoms with Crippen molar-refractivity contribution >= 4 is 11.6 Å². The third-order valence-electron chi connectivity index (χ3n) is 1.97. The van der Waals surface area contributed by atoms with Crippen molar-refractivity contribution in [3.8, 4) is 6.07 Å². The predicted octanol–water partition coefficient (Wildman–Crippen LogP) is 2.30. The molecular weight excluding hydrogens is 184 g/mol. The SMILES string of the molecule is N#CCC(CN)c1ccccc1Cl. The van der Waals surface area contributed by atoms with E-state index in [4.69, 9.17) is 22.6 Å². The first-order chi connectivity index (χ1) is 6.29. The summed E-state index contributed by atoms with van der Waals surface area (Å²) < 4.78 is 0. The fraction of sp³-hybridized carbons (Fsp3) is 0.300. The van der Waals surface area contributed by atoms with Crippen molar-refractivity contribution in [2.45, 2.75) is 12.3 Å². The smallest absolute Gasteiger partial charge is 0.0628 e. The van der Waals surface area contributed by atoms with Crippen LogP contribution in [0.4, 0.5) is 0 Å². The van der Waals surface area contributed by atoms with E-state index in [1.165, 1.54) is 0 Å². The van der Waals surface area contributed by atoms with E-state index in [1.807, 2.05) is 24.3 Å². The van der Waals surface area contributed by atoms with Gasteiger partial charge in [-0.1, -0.05) is 29.8 Å². The number of nitriles is 1. The van der Waals surface area contributed by atoms with Gasteiger partial charge >= 0.3 is 0 Å². The van der Waals surface area contributed by atoms with E-state index in [-0.39, 0.29) is 5.92 Å². The van der Waals surface area contributed by atoms with Gasteiger partial charge in [0.25, 0.3) is 0 Å². The highest BCUT2D eigenvalue weighted by molar-refractivity contribution is 6.31. The van der Waals surface area contributed by atoms with Crippen LogP contribution in [-0.4, -0.2) is 6.54 Å². The molecule has 0 bridgehead atoms. The minimum atomic E-state index is 0.0544. The summed E-state index contributed by atoms with van der Waals surface area (Å²) in [5, 5.41) is 9.26. The topological polar surface area (TPSA) is 49.8 Å². The molecule has 68 valence electrons. The molecule has 1 aromatic rings. The second kappa shape index (κ2) is 4.86. The molecular formula is C10H11ClN2. The summed E-state index contributed by atoms with van der Waals surface area (Å²) in [6.07, 6.45) is 0.417. The Kier molecular flexibility index (Phi) is 3.75. The second-order valence-electron chi connectivity index (χ2n) is 2.82. The minimum Gasteiger partial charge on any atom is -0.330 e. The van der Waals surface area contributed by atoms with Crippen LogP contribution < -0.4 is 5.73 Å². The van der Waals surface area contributed by atoms with Crippen LogP contribution in [0.25, 0.3) is 0 Å². The van der Waals surface area contributed by atoms with Crippen LogP contribution in [0.2, 0.25) is 5.02 Å². The van der Waals surface area contributed by atoms with Crippen LogP contribution in [0, 0.1) is 11.3 Å². The van der Waals surface area contributed by atoms with Gasteiger partial charge in [0.1, 0.15) is 0 Å². The average Bonchev–Trinajstić information content (AvgIpc) is 2.16. The molecule has 2 N–H and O–H groups in total. The summed E-state index contributed by atoms with van der Waals surface area (Å²) in [6.45, 7) is 0.456. The number of rotatable bonds is 3. The van der Waals surface area contributed by atoms with Gasteiger partial charge in [0.2, 0.25) is 0 Å². The van der Waals surface area contributed by atoms with E-state index in [0.717, 1.165) is 5.56 Å². The molecule has 13 heavy (non-hydrogen) atoms. The molecule has 1 aromatic carbocycles. The molecule has 3 heteroatoms. The van der Waals surface area contributed by atoms with E-state index in [2.05, 4.69) is 6.07 Å². The van der Waals surface area contributed by atoms with Crippen LogP contribution in [0.1, 0.15) is 17.9 Å². The van der Waals surface area contributed by atoms with Crippen LogP contribution in [-0.2, 0) is 0 Å². The summed E-state index contributed by atoms with van der Waals surface area (Å²) in [6, 6.07) is 9.61. The maximum absolute atomic E-state index is 8.57. The Morgan fingerprint density at radius 1 is 1.46 bits per heavy atom. The van der Waals surface area contributed by atoms with Crippen LogP contribution in [0.15, 0.2) is 24.3 Å². The highest BCUT2D eigenvalue weighted by atomic mass is 35.5. The Labute approximate surface area is 82.9 Å². The molecule has 0 aliphatic rings. The number of hydrogen-bond donors (Lipinski definition) is 1. The van der Waals surface area contributed by atoms with E-state index < -0.39 is 0 Å². The molecule has 0 aliphatic heterocycles. The van der Waals surface area contributed by atoms with Gasteiger partial charge in [-0.05, 0) is 11.6 Å². The molecule has 1 unspecified atom stereocenters. The summed E-state index contributed by atoms with van der Waals surface area (Å²) in [5.41, 5.74) is 6.52. The number of hydrogen-bond acceptors (Lipinski definition) is 2. The van der Waals surface area contributed by atoms with Gasteiger partial charge in [0, 0.05) is 23.9 Å². The van der Waals surface area contributed by atoms with Crippen LogP contribution >= 0.6 is 11.6 Å². The Morgan fingerprint density at radius 2 is 2.15 bits per heavy atom. The lowest BCUT2D eigenvalue weighted by molar-refractivity contribution is 0.717. The van der Waals surface area contributed by atoms with Crippen molar-refractivity contribution in [3.63, 3.8) is 0 Å². The summed E-state index contributed by atoms with van der Waals surface area (Å²) >= 11 is 5.97. The standard InChI is InChI=1S/C10H11ClN2/c11-10-4-2-1-3-9(10)8(7-13)5-6-12/h1-4,8H,5,7,13H2. The zero-order chi connectivity index (χ0) is 9.68. The monoisotopic (exact) mass is 194 g/mol. The Morgan fingerprint density at radius 3 is 2.69 bits per heavy atom. The fourth-order valence-electron chi connectivity index (χ4n) is 1.24. The summed E-state index contributed by atoms with van der Waals surface area (Å²) in [7, 11) is 0. The molecule has 2 nitrogen and oxygen atoms in total. The lowest BCUT2D eigenvalue weighted by atomic mass is 9.96. The second-order valence-corrected chi connectivity index (χ2v) is 3.22. The Balaban J connectivity index is 2.92. The number of nitrogens with two attached hydrogens (primary N) is 1. The molecule has 0 heterocycles. The van der Waals surface area contributed by atoms with Crippen LogP contribution in [0.3, 0.4) is 0 Å². The first-order valence-electron chi connectivity index (χ1n) is 4.11. The minimum absolute atomic E-state index is 0.0544.